The first-order valence-electron chi connectivity index (χ1n) is 6.75. The lowest BCUT2D eigenvalue weighted by Crippen LogP contribution is -2.05. The van der Waals surface area contributed by atoms with Crippen LogP contribution in [-0.2, 0) is 6.42 Å². The van der Waals surface area contributed by atoms with E-state index in [0.29, 0.717) is 0 Å². The zero-order valence-corrected chi connectivity index (χ0v) is 13.2. The highest BCUT2D eigenvalue weighted by Gasteiger charge is 2.21. The van der Waals surface area contributed by atoms with Crippen molar-refractivity contribution < 1.29 is 9.47 Å². The molecule has 2 aromatic carbocycles. The van der Waals surface area contributed by atoms with Gasteiger partial charge in [-0.15, -0.1) is 0 Å². The van der Waals surface area contributed by atoms with Gasteiger partial charge in [0, 0.05) is 12.0 Å². The Bertz CT molecular complexity index is 624. The molecular weight excluding hydrogens is 316 g/mol. The van der Waals surface area contributed by atoms with Gasteiger partial charge in [-0.25, -0.2) is 0 Å². The van der Waals surface area contributed by atoms with E-state index in [9.17, 15) is 0 Å². The molecule has 0 saturated carbocycles. The molecule has 104 valence electrons. The molecule has 2 unspecified atom stereocenters. The van der Waals surface area contributed by atoms with Crippen LogP contribution in [0.1, 0.15) is 28.4 Å². The minimum absolute atomic E-state index is 0.125. The third-order valence-corrected chi connectivity index (χ3v) is 4.65. The SMILES string of the molecule is COc1ccccc1C(Br)c1ccc2c(c1)CC(C)O2. The molecule has 20 heavy (non-hydrogen) atoms. The Balaban J connectivity index is 1.95. The van der Waals surface area contributed by atoms with E-state index in [2.05, 4.69) is 47.1 Å². The van der Waals surface area contributed by atoms with Crippen molar-refractivity contribution in [1.29, 1.82) is 0 Å². The average Bonchev–Trinajstić information content (AvgIpc) is 2.85. The van der Waals surface area contributed by atoms with Crippen LogP contribution in [0.3, 0.4) is 0 Å². The van der Waals surface area contributed by atoms with Crippen LogP contribution in [0.5, 0.6) is 11.5 Å². The second kappa shape index (κ2) is 5.49. The van der Waals surface area contributed by atoms with Crippen molar-refractivity contribution in [2.24, 2.45) is 0 Å². The molecule has 0 radical (unpaired) electrons. The summed E-state index contributed by atoms with van der Waals surface area (Å²) in [5.41, 5.74) is 3.65. The van der Waals surface area contributed by atoms with Gasteiger partial charge in [-0.3, -0.25) is 0 Å². The summed E-state index contributed by atoms with van der Waals surface area (Å²) in [7, 11) is 1.71. The summed E-state index contributed by atoms with van der Waals surface area (Å²) in [5.74, 6) is 1.92. The minimum atomic E-state index is 0.125. The number of alkyl halides is 1. The van der Waals surface area contributed by atoms with Crippen molar-refractivity contribution in [3.05, 3.63) is 59.2 Å². The van der Waals surface area contributed by atoms with E-state index in [0.717, 1.165) is 23.5 Å². The van der Waals surface area contributed by atoms with Gasteiger partial charge in [0.1, 0.15) is 17.6 Å². The van der Waals surface area contributed by atoms with Crippen molar-refractivity contribution in [2.75, 3.05) is 7.11 Å². The topological polar surface area (TPSA) is 18.5 Å². The van der Waals surface area contributed by atoms with E-state index in [1.54, 1.807) is 7.11 Å². The van der Waals surface area contributed by atoms with Gasteiger partial charge in [-0.05, 0) is 30.2 Å². The van der Waals surface area contributed by atoms with Crippen LogP contribution in [-0.4, -0.2) is 13.2 Å². The number of benzene rings is 2. The monoisotopic (exact) mass is 332 g/mol. The van der Waals surface area contributed by atoms with Crippen molar-refractivity contribution in [3.63, 3.8) is 0 Å². The first-order valence-corrected chi connectivity index (χ1v) is 7.67. The standard InChI is InChI=1S/C17H17BrO2/c1-11-9-13-10-12(7-8-15(13)20-11)17(18)14-5-3-4-6-16(14)19-2/h3-8,10-11,17H,9H2,1-2H3. The maximum absolute atomic E-state index is 5.75. The van der Waals surface area contributed by atoms with Gasteiger partial charge in [-0.1, -0.05) is 46.3 Å². The van der Waals surface area contributed by atoms with Gasteiger partial charge in [0.25, 0.3) is 0 Å². The van der Waals surface area contributed by atoms with E-state index in [1.165, 1.54) is 11.1 Å². The molecule has 0 spiro atoms. The fourth-order valence-electron chi connectivity index (χ4n) is 2.65. The molecule has 2 nitrogen and oxygen atoms in total. The van der Waals surface area contributed by atoms with Crippen LogP contribution in [0.4, 0.5) is 0 Å². The Morgan fingerprint density at radius 2 is 2.05 bits per heavy atom. The predicted octanol–water partition coefficient (Wildman–Crippen LogP) is 4.50. The van der Waals surface area contributed by atoms with Gasteiger partial charge in [0.2, 0.25) is 0 Å². The molecule has 2 atom stereocenters. The Morgan fingerprint density at radius 1 is 1.25 bits per heavy atom. The zero-order chi connectivity index (χ0) is 14.1. The summed E-state index contributed by atoms with van der Waals surface area (Å²) in [4.78, 5) is 0.125. The summed E-state index contributed by atoms with van der Waals surface area (Å²) in [5, 5.41) is 0. The quantitative estimate of drug-likeness (QED) is 0.770. The Kier molecular flexibility index (Phi) is 3.70. The van der Waals surface area contributed by atoms with Crippen LogP contribution in [0.2, 0.25) is 0 Å². The third-order valence-electron chi connectivity index (χ3n) is 3.62. The van der Waals surface area contributed by atoms with E-state index >= 15 is 0 Å². The Morgan fingerprint density at radius 3 is 2.85 bits per heavy atom. The van der Waals surface area contributed by atoms with E-state index in [1.807, 2.05) is 18.2 Å². The maximum Gasteiger partial charge on any atom is 0.123 e. The van der Waals surface area contributed by atoms with Crippen LogP contribution in [0.25, 0.3) is 0 Å². The zero-order valence-electron chi connectivity index (χ0n) is 11.6. The number of ether oxygens (including phenoxy) is 2. The second-order valence-corrected chi connectivity index (χ2v) is 6.02. The molecule has 0 N–H and O–H groups in total. The molecule has 0 fully saturated rings. The fourth-order valence-corrected chi connectivity index (χ4v) is 3.32. The Labute approximate surface area is 127 Å². The molecule has 2 aromatic rings. The number of hydrogen-bond acceptors (Lipinski definition) is 2. The van der Waals surface area contributed by atoms with Crippen LogP contribution >= 0.6 is 15.9 Å². The number of methoxy groups -OCH3 is 1. The molecule has 3 rings (SSSR count). The number of fused-ring (bicyclic) bond motifs is 1. The summed E-state index contributed by atoms with van der Waals surface area (Å²) in [6.07, 6.45) is 1.26. The molecule has 0 amide bonds. The first-order chi connectivity index (χ1) is 9.69. The highest BCUT2D eigenvalue weighted by atomic mass is 79.9. The molecule has 3 heteroatoms. The largest absolute Gasteiger partial charge is 0.496 e. The smallest absolute Gasteiger partial charge is 0.123 e. The number of halogens is 1. The van der Waals surface area contributed by atoms with Crippen LogP contribution < -0.4 is 9.47 Å². The maximum atomic E-state index is 5.75. The molecular formula is C17H17BrO2. The highest BCUT2D eigenvalue weighted by molar-refractivity contribution is 9.09. The third kappa shape index (κ3) is 2.42. The predicted molar refractivity (Wildman–Crippen MR) is 84.0 cm³/mol. The first kappa shape index (κ1) is 13.5. The van der Waals surface area contributed by atoms with Gasteiger partial charge >= 0.3 is 0 Å². The number of hydrogen-bond donors (Lipinski definition) is 0. The number of rotatable bonds is 3. The Hall–Kier alpha value is -1.48. The van der Waals surface area contributed by atoms with Crippen LogP contribution in [0.15, 0.2) is 42.5 Å². The summed E-state index contributed by atoms with van der Waals surface area (Å²) < 4.78 is 11.2. The minimum Gasteiger partial charge on any atom is -0.496 e. The summed E-state index contributed by atoms with van der Waals surface area (Å²) in [6.45, 7) is 2.10. The van der Waals surface area contributed by atoms with E-state index < -0.39 is 0 Å². The van der Waals surface area contributed by atoms with Gasteiger partial charge in [0.05, 0.1) is 11.9 Å². The van der Waals surface area contributed by atoms with Crippen molar-refractivity contribution in [3.8, 4) is 11.5 Å². The molecule has 0 aliphatic carbocycles. The average molecular weight is 333 g/mol. The molecule has 1 aliphatic heterocycles. The molecule has 0 bridgehead atoms. The summed E-state index contributed by atoms with van der Waals surface area (Å²) >= 11 is 3.79. The molecule has 1 heterocycles. The lowest BCUT2D eigenvalue weighted by Gasteiger charge is -2.15. The van der Waals surface area contributed by atoms with Gasteiger partial charge < -0.3 is 9.47 Å². The number of para-hydroxylation sites is 1. The van der Waals surface area contributed by atoms with Crippen molar-refractivity contribution >= 4 is 15.9 Å². The normalized spacial score (nSPS) is 18.2. The fraction of sp³-hybridized carbons (Fsp3) is 0.294. The van der Waals surface area contributed by atoms with E-state index in [-0.39, 0.29) is 10.9 Å². The highest BCUT2D eigenvalue weighted by Crippen LogP contribution is 2.39. The lowest BCUT2D eigenvalue weighted by molar-refractivity contribution is 0.254. The summed E-state index contributed by atoms with van der Waals surface area (Å²) in [6, 6.07) is 14.5. The second-order valence-electron chi connectivity index (χ2n) is 5.10. The van der Waals surface area contributed by atoms with E-state index in [4.69, 9.17) is 9.47 Å². The van der Waals surface area contributed by atoms with Crippen molar-refractivity contribution in [2.45, 2.75) is 24.3 Å². The van der Waals surface area contributed by atoms with Gasteiger partial charge in [-0.2, -0.15) is 0 Å². The van der Waals surface area contributed by atoms with Gasteiger partial charge in [0.15, 0.2) is 0 Å². The molecule has 0 aromatic heterocycles. The van der Waals surface area contributed by atoms with Crippen LogP contribution in [0, 0.1) is 0 Å². The molecule has 1 aliphatic rings. The van der Waals surface area contributed by atoms with Crippen molar-refractivity contribution in [1.82, 2.24) is 0 Å². The molecule has 0 saturated heterocycles. The lowest BCUT2D eigenvalue weighted by atomic mass is 10.0.